The van der Waals surface area contributed by atoms with Gasteiger partial charge in [0.2, 0.25) is 0 Å². The number of rotatable bonds is 7. The van der Waals surface area contributed by atoms with Crippen LogP contribution in [0.15, 0.2) is 66.7 Å². The lowest BCUT2D eigenvalue weighted by atomic mass is 9.97. The molecule has 34 heavy (non-hydrogen) atoms. The van der Waals surface area contributed by atoms with E-state index < -0.39 is 23.7 Å². The van der Waals surface area contributed by atoms with Crippen LogP contribution in [0.3, 0.4) is 0 Å². The van der Waals surface area contributed by atoms with Gasteiger partial charge in [0.25, 0.3) is 0 Å². The molecule has 0 atom stereocenters. The Kier molecular flexibility index (Phi) is 7.86. The molecule has 0 aliphatic carbocycles. The van der Waals surface area contributed by atoms with Crippen LogP contribution in [0.1, 0.15) is 44.1 Å². The number of hydrogen-bond donors (Lipinski definition) is 0. The van der Waals surface area contributed by atoms with Gasteiger partial charge in [-0.2, -0.15) is 0 Å². The average molecular weight is 467 g/mol. The van der Waals surface area contributed by atoms with Crippen molar-refractivity contribution in [1.29, 1.82) is 0 Å². The van der Waals surface area contributed by atoms with Gasteiger partial charge in [-0.3, -0.25) is 0 Å². The molecule has 1 aliphatic rings. The van der Waals surface area contributed by atoms with Crippen molar-refractivity contribution in [2.75, 3.05) is 13.2 Å². The summed E-state index contributed by atoms with van der Waals surface area (Å²) in [6.45, 7) is 4.87. The van der Waals surface area contributed by atoms with Crippen LogP contribution in [0.5, 0.6) is 0 Å². The number of halogens is 3. The van der Waals surface area contributed by atoms with Gasteiger partial charge in [0.05, 0.1) is 13.2 Å². The van der Waals surface area contributed by atoms with Gasteiger partial charge in [0.15, 0.2) is 17.9 Å². The fourth-order valence-corrected chi connectivity index (χ4v) is 4.21. The van der Waals surface area contributed by atoms with Gasteiger partial charge in [-0.1, -0.05) is 67.6 Å². The minimum Gasteiger partial charge on any atom is -0.348 e. The number of ether oxygens (including phenoxy) is 2. The van der Waals surface area contributed by atoms with Crippen molar-refractivity contribution in [3.05, 3.63) is 95.3 Å². The topological polar surface area (TPSA) is 18.5 Å². The molecule has 0 bridgehead atoms. The Morgan fingerprint density at radius 3 is 2.18 bits per heavy atom. The van der Waals surface area contributed by atoms with Crippen LogP contribution < -0.4 is 0 Å². The first kappa shape index (κ1) is 24.2. The van der Waals surface area contributed by atoms with Gasteiger partial charge in [-0.05, 0) is 54.5 Å². The first-order chi connectivity index (χ1) is 16.5. The first-order valence-electron chi connectivity index (χ1n) is 11.7. The van der Waals surface area contributed by atoms with Gasteiger partial charge < -0.3 is 9.47 Å². The lowest BCUT2D eigenvalue weighted by molar-refractivity contribution is -0.207. The van der Waals surface area contributed by atoms with Crippen LogP contribution in [-0.4, -0.2) is 13.2 Å². The summed E-state index contributed by atoms with van der Waals surface area (Å²) in [4.78, 5) is 0. The average Bonchev–Trinajstić information content (AvgIpc) is 2.86. The molecular formula is C29H29F3O2. The van der Waals surface area contributed by atoms with Crippen molar-refractivity contribution in [3.63, 3.8) is 0 Å². The van der Waals surface area contributed by atoms with Crippen molar-refractivity contribution in [3.8, 4) is 22.3 Å². The van der Waals surface area contributed by atoms with E-state index in [0.29, 0.717) is 47.8 Å². The van der Waals surface area contributed by atoms with Gasteiger partial charge in [-0.15, -0.1) is 0 Å². The summed E-state index contributed by atoms with van der Waals surface area (Å²) in [6, 6.07) is 15.1. The van der Waals surface area contributed by atoms with E-state index in [1.165, 1.54) is 6.07 Å². The molecule has 1 aliphatic heterocycles. The summed E-state index contributed by atoms with van der Waals surface area (Å²) in [6.07, 6.45) is 5.82. The lowest BCUT2D eigenvalue weighted by Gasteiger charge is -2.29. The SMILES string of the molecule is CC=CCCC1COC(c2ccc(-c3ccc(-c4ccc(CC)c(F)c4F)cc3)cc2F)OC1. The van der Waals surface area contributed by atoms with E-state index in [2.05, 4.69) is 6.08 Å². The molecule has 178 valence electrons. The molecule has 5 heteroatoms. The number of benzene rings is 3. The standard InChI is InChI=1S/C29H29F3O2/c1-3-5-6-7-19-17-33-29(34-18-19)25-15-13-23(16-26(25)30)21-8-10-22(11-9-21)24-14-12-20(4-2)27(31)28(24)32/h3,5,8-16,19,29H,4,6-7,17-18H2,1-2H3. The second kappa shape index (κ2) is 11.0. The predicted molar refractivity (Wildman–Crippen MR) is 129 cm³/mol. The molecule has 0 radical (unpaired) electrons. The Morgan fingerprint density at radius 2 is 1.53 bits per heavy atom. The van der Waals surface area contributed by atoms with E-state index >= 15 is 0 Å². The van der Waals surface area contributed by atoms with Crippen LogP contribution in [0.25, 0.3) is 22.3 Å². The zero-order chi connectivity index (χ0) is 24.1. The summed E-state index contributed by atoms with van der Waals surface area (Å²) in [7, 11) is 0. The van der Waals surface area contributed by atoms with Crippen molar-refractivity contribution >= 4 is 0 Å². The molecule has 0 saturated carbocycles. The van der Waals surface area contributed by atoms with Crippen LogP contribution in [0.4, 0.5) is 13.2 Å². The molecule has 1 fully saturated rings. The monoisotopic (exact) mass is 466 g/mol. The van der Waals surface area contributed by atoms with Gasteiger partial charge in [0.1, 0.15) is 5.82 Å². The summed E-state index contributed by atoms with van der Waals surface area (Å²) in [5.41, 5.74) is 2.95. The largest absolute Gasteiger partial charge is 0.348 e. The first-order valence-corrected chi connectivity index (χ1v) is 11.7. The van der Waals surface area contributed by atoms with Gasteiger partial charge in [0, 0.05) is 17.0 Å². The zero-order valence-corrected chi connectivity index (χ0v) is 19.5. The van der Waals surface area contributed by atoms with Crippen molar-refractivity contribution < 1.29 is 22.6 Å². The zero-order valence-electron chi connectivity index (χ0n) is 19.5. The molecule has 0 unspecified atom stereocenters. The number of hydrogen-bond acceptors (Lipinski definition) is 2. The fraction of sp³-hybridized carbons (Fsp3) is 0.310. The fourth-order valence-electron chi connectivity index (χ4n) is 4.21. The quantitative estimate of drug-likeness (QED) is 0.328. The molecule has 3 aromatic rings. The second-order valence-corrected chi connectivity index (χ2v) is 8.58. The summed E-state index contributed by atoms with van der Waals surface area (Å²) >= 11 is 0. The maximum Gasteiger partial charge on any atom is 0.186 e. The van der Waals surface area contributed by atoms with E-state index in [4.69, 9.17) is 9.47 Å². The maximum absolute atomic E-state index is 14.9. The van der Waals surface area contributed by atoms with E-state index in [-0.39, 0.29) is 5.56 Å². The van der Waals surface area contributed by atoms with E-state index in [1.807, 2.05) is 19.1 Å². The van der Waals surface area contributed by atoms with Crippen LogP contribution in [0.2, 0.25) is 0 Å². The molecule has 1 heterocycles. The highest BCUT2D eigenvalue weighted by atomic mass is 19.2. The third kappa shape index (κ3) is 5.26. The van der Waals surface area contributed by atoms with Crippen LogP contribution in [0, 0.1) is 23.4 Å². The highest BCUT2D eigenvalue weighted by Gasteiger charge is 2.25. The Bertz CT molecular complexity index is 1150. The summed E-state index contributed by atoms with van der Waals surface area (Å²) in [5.74, 6) is -1.75. The molecule has 0 spiro atoms. The van der Waals surface area contributed by atoms with Crippen molar-refractivity contribution in [2.24, 2.45) is 5.92 Å². The Balaban J connectivity index is 1.46. The molecule has 0 amide bonds. The number of allylic oxidation sites excluding steroid dienone is 2. The molecule has 0 N–H and O–H groups in total. The van der Waals surface area contributed by atoms with Crippen LogP contribution in [-0.2, 0) is 15.9 Å². The minimum atomic E-state index is -0.848. The highest BCUT2D eigenvalue weighted by molar-refractivity contribution is 5.71. The Hall–Kier alpha value is -2.89. The number of aryl methyl sites for hydroxylation is 1. The third-order valence-electron chi connectivity index (χ3n) is 6.27. The van der Waals surface area contributed by atoms with Crippen LogP contribution >= 0.6 is 0 Å². The normalized spacial score (nSPS) is 18.5. The van der Waals surface area contributed by atoms with E-state index in [9.17, 15) is 13.2 Å². The molecule has 2 nitrogen and oxygen atoms in total. The second-order valence-electron chi connectivity index (χ2n) is 8.58. The maximum atomic E-state index is 14.9. The van der Waals surface area contributed by atoms with E-state index in [1.54, 1.807) is 49.4 Å². The lowest BCUT2D eigenvalue weighted by Crippen LogP contribution is -2.27. The molecule has 0 aromatic heterocycles. The smallest absolute Gasteiger partial charge is 0.186 e. The molecule has 1 saturated heterocycles. The Morgan fingerprint density at radius 1 is 0.853 bits per heavy atom. The predicted octanol–water partition coefficient (Wildman–Crippen LogP) is 8.02. The third-order valence-corrected chi connectivity index (χ3v) is 6.27. The Labute approximate surface area is 199 Å². The molecular weight excluding hydrogens is 437 g/mol. The molecule has 3 aromatic carbocycles. The van der Waals surface area contributed by atoms with Crippen molar-refractivity contribution in [2.45, 2.75) is 39.4 Å². The van der Waals surface area contributed by atoms with Gasteiger partial charge >= 0.3 is 0 Å². The van der Waals surface area contributed by atoms with Gasteiger partial charge in [-0.25, -0.2) is 13.2 Å². The van der Waals surface area contributed by atoms with Crippen molar-refractivity contribution in [1.82, 2.24) is 0 Å². The summed E-state index contributed by atoms with van der Waals surface area (Å²) < 4.78 is 55.1. The summed E-state index contributed by atoms with van der Waals surface area (Å²) in [5, 5.41) is 0. The molecule has 4 rings (SSSR count). The minimum absolute atomic E-state index is 0.207. The van der Waals surface area contributed by atoms with E-state index in [0.717, 1.165) is 18.4 Å². The highest BCUT2D eigenvalue weighted by Crippen LogP contribution is 2.33.